The molecule has 4 nitrogen and oxygen atoms in total. The average Bonchev–Trinajstić information content (AvgIpc) is 3.04. The van der Waals surface area contributed by atoms with E-state index in [1.165, 1.54) is 12.8 Å². The predicted octanol–water partition coefficient (Wildman–Crippen LogP) is 2.82. The molecule has 22 heavy (non-hydrogen) atoms. The monoisotopic (exact) mass is 326 g/mol. The number of halogens is 1. The topological polar surface area (TPSA) is 64.3 Å². The van der Waals surface area contributed by atoms with Gasteiger partial charge in [-0.25, -0.2) is 0 Å². The maximum atomic E-state index is 12.1. The second kappa shape index (κ2) is 9.82. The van der Waals surface area contributed by atoms with Crippen LogP contribution in [0, 0.1) is 5.92 Å². The molecule has 3 N–H and O–H groups in total. The summed E-state index contributed by atoms with van der Waals surface area (Å²) in [6.45, 7) is 3.01. The van der Waals surface area contributed by atoms with E-state index in [4.69, 9.17) is 10.5 Å². The summed E-state index contributed by atoms with van der Waals surface area (Å²) in [5.41, 5.74) is 7.14. The van der Waals surface area contributed by atoms with Crippen LogP contribution in [-0.2, 0) is 9.53 Å². The normalized spacial score (nSPS) is 17.5. The molecule has 2 unspecified atom stereocenters. The number of nitrogens with two attached hydrogens (primary N) is 1. The molecular formula is C17H27ClN2O2. The Hall–Kier alpha value is -1.10. The fraction of sp³-hybridized carbons (Fsp3) is 0.588. The minimum atomic E-state index is -0.276. The molecule has 0 radical (unpaired) electrons. The highest BCUT2D eigenvalue weighted by Gasteiger charge is 2.22. The third-order valence-electron chi connectivity index (χ3n) is 4.19. The zero-order valence-electron chi connectivity index (χ0n) is 13.2. The Labute approximate surface area is 139 Å². The molecular weight excluding hydrogens is 300 g/mol. The van der Waals surface area contributed by atoms with E-state index in [1.807, 2.05) is 37.3 Å². The summed E-state index contributed by atoms with van der Waals surface area (Å²) in [6, 6.07) is 9.46. The Morgan fingerprint density at radius 2 is 1.95 bits per heavy atom. The van der Waals surface area contributed by atoms with Gasteiger partial charge in [0, 0.05) is 12.6 Å². The molecule has 2 atom stereocenters. The lowest BCUT2D eigenvalue weighted by molar-refractivity contribution is -0.125. The van der Waals surface area contributed by atoms with Crippen molar-refractivity contribution in [2.75, 3.05) is 13.2 Å². The molecule has 1 amide bonds. The summed E-state index contributed by atoms with van der Waals surface area (Å²) in [5.74, 6) is -0.264. The third-order valence-corrected chi connectivity index (χ3v) is 4.19. The maximum absolute atomic E-state index is 12.1. The van der Waals surface area contributed by atoms with Gasteiger partial charge in [-0.15, -0.1) is 12.4 Å². The second-order valence-corrected chi connectivity index (χ2v) is 5.79. The van der Waals surface area contributed by atoms with Crippen molar-refractivity contribution < 1.29 is 9.53 Å². The van der Waals surface area contributed by atoms with Gasteiger partial charge >= 0.3 is 0 Å². The highest BCUT2D eigenvalue weighted by molar-refractivity contribution is 5.85. The summed E-state index contributed by atoms with van der Waals surface area (Å²) < 4.78 is 5.73. The van der Waals surface area contributed by atoms with Crippen LogP contribution in [0.2, 0.25) is 0 Å². The van der Waals surface area contributed by atoms with E-state index in [2.05, 4.69) is 5.32 Å². The summed E-state index contributed by atoms with van der Waals surface area (Å²) in [6.07, 6.45) is 5.23. The van der Waals surface area contributed by atoms with Gasteiger partial charge in [-0.1, -0.05) is 50.1 Å². The number of nitrogens with one attached hydrogen (secondary N) is 1. The lowest BCUT2D eigenvalue weighted by Gasteiger charge is -2.20. The quantitative estimate of drug-likeness (QED) is 0.757. The van der Waals surface area contributed by atoms with Crippen molar-refractivity contribution in [1.29, 1.82) is 0 Å². The fourth-order valence-corrected chi connectivity index (χ4v) is 2.74. The van der Waals surface area contributed by atoms with Crippen LogP contribution in [0.5, 0.6) is 0 Å². The van der Waals surface area contributed by atoms with Gasteiger partial charge in [0.15, 0.2) is 0 Å². The average molecular weight is 327 g/mol. The molecule has 0 bridgehead atoms. The summed E-state index contributed by atoms with van der Waals surface area (Å²) >= 11 is 0. The largest absolute Gasteiger partial charge is 0.376 e. The predicted molar refractivity (Wildman–Crippen MR) is 91.0 cm³/mol. The first-order valence-corrected chi connectivity index (χ1v) is 7.88. The molecule has 0 saturated heterocycles. The Kier molecular flexibility index (Phi) is 8.46. The summed E-state index contributed by atoms with van der Waals surface area (Å²) in [4.78, 5) is 12.1. The third kappa shape index (κ3) is 5.59. The molecule has 1 aliphatic rings. The summed E-state index contributed by atoms with van der Waals surface area (Å²) in [5, 5.41) is 2.91. The second-order valence-electron chi connectivity index (χ2n) is 5.79. The molecule has 1 fully saturated rings. The van der Waals surface area contributed by atoms with Crippen LogP contribution in [0.3, 0.4) is 0 Å². The minimum Gasteiger partial charge on any atom is -0.376 e. The Morgan fingerprint density at radius 3 is 2.59 bits per heavy atom. The van der Waals surface area contributed by atoms with E-state index in [9.17, 15) is 4.79 Å². The molecule has 2 rings (SSSR count). The van der Waals surface area contributed by atoms with Crippen LogP contribution < -0.4 is 11.1 Å². The van der Waals surface area contributed by atoms with Crippen molar-refractivity contribution >= 4 is 18.3 Å². The van der Waals surface area contributed by atoms with Crippen LogP contribution >= 0.6 is 12.4 Å². The van der Waals surface area contributed by atoms with Gasteiger partial charge in [0.25, 0.3) is 0 Å². The van der Waals surface area contributed by atoms with Crippen molar-refractivity contribution in [1.82, 2.24) is 5.32 Å². The van der Waals surface area contributed by atoms with Crippen molar-refractivity contribution in [2.45, 2.75) is 44.8 Å². The van der Waals surface area contributed by atoms with E-state index < -0.39 is 0 Å². The van der Waals surface area contributed by atoms with Gasteiger partial charge in [0.2, 0.25) is 5.91 Å². The first-order valence-electron chi connectivity index (χ1n) is 7.88. The van der Waals surface area contributed by atoms with E-state index in [-0.39, 0.29) is 30.3 Å². The molecule has 1 aromatic carbocycles. The number of rotatable bonds is 7. The van der Waals surface area contributed by atoms with Crippen molar-refractivity contribution in [2.24, 2.45) is 11.7 Å². The zero-order chi connectivity index (χ0) is 15.1. The SMILES string of the molecule is CC(C(=O)NCCOC1CCCC1)C(N)c1ccccc1.Cl. The van der Waals surface area contributed by atoms with Gasteiger partial charge in [-0.3, -0.25) is 4.79 Å². The molecule has 0 heterocycles. The van der Waals surface area contributed by atoms with Gasteiger partial charge in [-0.2, -0.15) is 0 Å². The number of carbonyl (C=O) groups excluding carboxylic acids is 1. The molecule has 0 spiro atoms. The van der Waals surface area contributed by atoms with Crippen LogP contribution in [0.1, 0.15) is 44.2 Å². The molecule has 0 aromatic heterocycles. The van der Waals surface area contributed by atoms with Crippen LogP contribution in [0.25, 0.3) is 0 Å². The van der Waals surface area contributed by atoms with Gasteiger partial charge < -0.3 is 15.8 Å². The van der Waals surface area contributed by atoms with Crippen molar-refractivity contribution in [3.05, 3.63) is 35.9 Å². The standard InChI is InChI=1S/C17H26N2O2.ClH/c1-13(16(18)14-7-3-2-4-8-14)17(20)19-11-12-21-15-9-5-6-10-15;/h2-4,7-8,13,15-16H,5-6,9-12,18H2,1H3,(H,19,20);1H. The Bertz CT molecular complexity index is 436. The number of hydrogen-bond acceptors (Lipinski definition) is 3. The molecule has 1 saturated carbocycles. The van der Waals surface area contributed by atoms with E-state index in [0.717, 1.165) is 18.4 Å². The minimum absolute atomic E-state index is 0. The van der Waals surface area contributed by atoms with Crippen molar-refractivity contribution in [3.8, 4) is 0 Å². The van der Waals surface area contributed by atoms with E-state index in [1.54, 1.807) is 0 Å². The van der Waals surface area contributed by atoms with Gasteiger partial charge in [0.1, 0.15) is 0 Å². The Morgan fingerprint density at radius 1 is 1.32 bits per heavy atom. The maximum Gasteiger partial charge on any atom is 0.224 e. The molecule has 0 aliphatic heterocycles. The van der Waals surface area contributed by atoms with Crippen LogP contribution in [0.4, 0.5) is 0 Å². The lowest BCUT2D eigenvalue weighted by Crippen LogP contribution is -2.37. The first kappa shape index (κ1) is 18.9. The molecule has 1 aliphatic carbocycles. The first-order chi connectivity index (χ1) is 10.2. The van der Waals surface area contributed by atoms with Crippen LogP contribution in [0.15, 0.2) is 30.3 Å². The van der Waals surface area contributed by atoms with Crippen molar-refractivity contribution in [3.63, 3.8) is 0 Å². The van der Waals surface area contributed by atoms with Crippen LogP contribution in [-0.4, -0.2) is 25.2 Å². The number of hydrogen-bond donors (Lipinski definition) is 2. The highest BCUT2D eigenvalue weighted by Crippen LogP contribution is 2.21. The number of benzene rings is 1. The zero-order valence-corrected chi connectivity index (χ0v) is 14.0. The van der Waals surface area contributed by atoms with E-state index in [0.29, 0.717) is 19.3 Å². The number of carbonyl (C=O) groups is 1. The fourth-order valence-electron chi connectivity index (χ4n) is 2.74. The highest BCUT2D eigenvalue weighted by atomic mass is 35.5. The molecule has 5 heteroatoms. The van der Waals surface area contributed by atoms with Gasteiger partial charge in [0.05, 0.1) is 18.6 Å². The number of amides is 1. The van der Waals surface area contributed by atoms with Gasteiger partial charge in [-0.05, 0) is 18.4 Å². The van der Waals surface area contributed by atoms with E-state index >= 15 is 0 Å². The molecule has 1 aromatic rings. The lowest BCUT2D eigenvalue weighted by atomic mass is 9.95. The molecule has 124 valence electrons. The Balaban J connectivity index is 0.00000242. The summed E-state index contributed by atoms with van der Waals surface area (Å²) in [7, 11) is 0. The smallest absolute Gasteiger partial charge is 0.224 e. The number of ether oxygens (including phenoxy) is 1.